The third-order valence-electron chi connectivity index (χ3n) is 3.35. The predicted octanol–water partition coefficient (Wildman–Crippen LogP) is 3.59. The van der Waals surface area contributed by atoms with Crippen LogP contribution in [0.1, 0.15) is 27.5 Å². The summed E-state index contributed by atoms with van der Waals surface area (Å²) in [5.74, 6) is 0.203. The van der Waals surface area contributed by atoms with E-state index in [1.807, 2.05) is 24.3 Å². The van der Waals surface area contributed by atoms with Crippen molar-refractivity contribution < 1.29 is 18.3 Å². The number of carbonyl (C=O) groups excluding carboxylic acids is 1. The summed E-state index contributed by atoms with van der Waals surface area (Å²) < 4.78 is 30.5. The lowest BCUT2D eigenvalue weighted by atomic mass is 10.1. The average Bonchev–Trinajstić information content (AvgIpc) is 3.25. The van der Waals surface area contributed by atoms with Crippen molar-refractivity contribution in [2.75, 3.05) is 12.4 Å². The highest BCUT2D eigenvalue weighted by atomic mass is 32.1. The Morgan fingerprint density at radius 3 is 2.72 bits per heavy atom. The molecule has 9 heteroatoms. The molecule has 3 aromatic rings. The fourth-order valence-corrected chi connectivity index (χ4v) is 2.96. The van der Waals surface area contributed by atoms with Crippen LogP contribution in [-0.2, 0) is 6.42 Å². The monoisotopic (exact) mass is 364 g/mol. The van der Waals surface area contributed by atoms with E-state index in [-0.39, 0.29) is 5.69 Å². The van der Waals surface area contributed by atoms with Gasteiger partial charge in [-0.3, -0.25) is 10.1 Å². The number of aromatic nitrogens is 3. The van der Waals surface area contributed by atoms with Crippen LogP contribution in [0.3, 0.4) is 0 Å². The number of nitrogens with zero attached hydrogens (tertiary/aromatic N) is 3. The maximum absolute atomic E-state index is 12.5. The molecule has 1 amide bonds. The van der Waals surface area contributed by atoms with Crippen LogP contribution in [-0.4, -0.2) is 27.8 Å². The van der Waals surface area contributed by atoms with Crippen LogP contribution in [0.25, 0.3) is 0 Å². The van der Waals surface area contributed by atoms with E-state index in [1.165, 1.54) is 17.4 Å². The second-order valence-corrected chi connectivity index (χ2v) is 6.18. The summed E-state index contributed by atoms with van der Waals surface area (Å²) in [5, 5.41) is 6.47. The van der Waals surface area contributed by atoms with Crippen LogP contribution in [0.5, 0.6) is 5.75 Å². The fraction of sp³-hybridized carbons (Fsp3) is 0.188. The lowest BCUT2D eigenvalue weighted by molar-refractivity contribution is 0.0561. The number of ether oxygens (including phenoxy) is 1. The Morgan fingerprint density at radius 2 is 2.08 bits per heavy atom. The lowest BCUT2D eigenvalue weighted by Crippen LogP contribution is -2.13. The van der Waals surface area contributed by atoms with E-state index in [0.717, 1.165) is 22.4 Å². The smallest absolute Gasteiger partial charge is 0.333 e. The molecule has 2 heterocycles. The predicted molar refractivity (Wildman–Crippen MR) is 89.3 cm³/mol. The number of amides is 1. The summed E-state index contributed by atoms with van der Waals surface area (Å²) in [6, 6.07) is 8.88. The number of carbonyl (C=O) groups is 1. The third kappa shape index (κ3) is 4.18. The molecule has 0 saturated heterocycles. The largest absolute Gasteiger partial charge is 0.497 e. The summed E-state index contributed by atoms with van der Waals surface area (Å²) in [6.45, 7) is -2.78. The molecule has 25 heavy (non-hydrogen) atoms. The molecule has 0 unspecified atom stereocenters. The normalized spacial score (nSPS) is 10.9. The maximum atomic E-state index is 12.5. The molecule has 0 aliphatic rings. The number of methoxy groups -OCH3 is 1. The SMILES string of the molecule is COc1ccc(Cc2cnc(NC(=O)c3ccn(C(F)F)n3)s2)cc1. The molecule has 0 spiro atoms. The van der Waals surface area contributed by atoms with Gasteiger partial charge >= 0.3 is 6.55 Å². The van der Waals surface area contributed by atoms with E-state index >= 15 is 0 Å². The van der Waals surface area contributed by atoms with E-state index in [4.69, 9.17) is 4.74 Å². The Morgan fingerprint density at radius 1 is 1.32 bits per heavy atom. The molecule has 6 nitrogen and oxygen atoms in total. The second-order valence-electron chi connectivity index (χ2n) is 5.07. The quantitative estimate of drug-likeness (QED) is 0.726. The topological polar surface area (TPSA) is 69.0 Å². The highest BCUT2D eigenvalue weighted by Gasteiger charge is 2.15. The van der Waals surface area contributed by atoms with E-state index < -0.39 is 12.5 Å². The lowest BCUT2D eigenvalue weighted by Gasteiger charge is -2.01. The van der Waals surface area contributed by atoms with Gasteiger partial charge in [0.1, 0.15) is 5.75 Å². The Balaban J connectivity index is 1.63. The van der Waals surface area contributed by atoms with Crippen molar-refractivity contribution in [2.24, 2.45) is 0 Å². The van der Waals surface area contributed by atoms with E-state index in [9.17, 15) is 13.6 Å². The molecule has 0 bridgehead atoms. The van der Waals surface area contributed by atoms with Crippen molar-refractivity contribution in [1.29, 1.82) is 0 Å². The molecule has 130 valence electrons. The van der Waals surface area contributed by atoms with Gasteiger partial charge in [0.25, 0.3) is 5.91 Å². The zero-order valence-corrected chi connectivity index (χ0v) is 14.0. The highest BCUT2D eigenvalue weighted by Crippen LogP contribution is 2.23. The number of benzene rings is 1. The van der Waals surface area contributed by atoms with E-state index in [1.54, 1.807) is 13.3 Å². The van der Waals surface area contributed by atoms with Crippen molar-refractivity contribution in [3.63, 3.8) is 0 Å². The molecule has 3 rings (SSSR count). The van der Waals surface area contributed by atoms with E-state index in [2.05, 4.69) is 15.4 Å². The maximum Gasteiger partial charge on any atom is 0.333 e. The number of anilines is 1. The molecule has 0 aliphatic carbocycles. The molecule has 1 aromatic carbocycles. The molecular weight excluding hydrogens is 350 g/mol. The van der Waals surface area contributed by atoms with Gasteiger partial charge in [-0.05, 0) is 23.8 Å². The van der Waals surface area contributed by atoms with Crippen LogP contribution in [0.4, 0.5) is 13.9 Å². The minimum absolute atomic E-state index is 0.0906. The van der Waals surface area contributed by atoms with Gasteiger partial charge in [0.05, 0.1) is 7.11 Å². The van der Waals surface area contributed by atoms with Gasteiger partial charge in [-0.2, -0.15) is 13.9 Å². The minimum atomic E-state index is -2.78. The fourth-order valence-electron chi connectivity index (χ4n) is 2.12. The average molecular weight is 364 g/mol. The Bertz CT molecular complexity index is 861. The van der Waals surface area contributed by atoms with Crippen molar-refractivity contribution in [3.05, 3.63) is 58.9 Å². The molecule has 2 aromatic heterocycles. The molecule has 1 N–H and O–H groups in total. The summed E-state index contributed by atoms with van der Waals surface area (Å²) in [4.78, 5) is 17.1. The summed E-state index contributed by atoms with van der Waals surface area (Å²) in [6.07, 6.45) is 3.39. The number of hydrogen-bond acceptors (Lipinski definition) is 5. The van der Waals surface area contributed by atoms with E-state index in [0.29, 0.717) is 16.2 Å². The van der Waals surface area contributed by atoms with Crippen molar-refractivity contribution in [3.8, 4) is 5.75 Å². The summed E-state index contributed by atoms with van der Waals surface area (Å²) >= 11 is 1.32. The second kappa shape index (κ2) is 7.39. The van der Waals surface area contributed by atoms with Crippen LogP contribution in [0.15, 0.2) is 42.7 Å². The van der Waals surface area contributed by atoms with Gasteiger partial charge in [-0.15, -0.1) is 11.3 Å². The van der Waals surface area contributed by atoms with Crippen LogP contribution in [0, 0.1) is 0 Å². The van der Waals surface area contributed by atoms with Crippen molar-refractivity contribution in [1.82, 2.24) is 14.8 Å². The number of thiazole rings is 1. The van der Waals surface area contributed by atoms with Gasteiger partial charge in [0, 0.05) is 23.7 Å². The van der Waals surface area contributed by atoms with Crippen LogP contribution in [0.2, 0.25) is 0 Å². The van der Waals surface area contributed by atoms with Gasteiger partial charge < -0.3 is 4.74 Å². The highest BCUT2D eigenvalue weighted by molar-refractivity contribution is 7.15. The standard InChI is InChI=1S/C16H14F2N4O2S/c1-24-11-4-2-10(3-5-11)8-12-9-19-16(25-12)20-14(23)13-6-7-22(21-13)15(17)18/h2-7,9,15H,8H2,1H3,(H,19,20,23). The van der Waals surface area contributed by atoms with Crippen molar-refractivity contribution >= 4 is 22.4 Å². The summed E-state index contributed by atoms with van der Waals surface area (Å²) in [7, 11) is 1.61. The van der Waals surface area contributed by atoms with Gasteiger partial charge in [-0.25, -0.2) is 9.67 Å². The molecule has 0 aliphatic heterocycles. The zero-order valence-electron chi connectivity index (χ0n) is 13.1. The molecule has 0 atom stereocenters. The number of rotatable bonds is 6. The van der Waals surface area contributed by atoms with Crippen LogP contribution < -0.4 is 10.1 Å². The Hall–Kier alpha value is -2.81. The van der Waals surface area contributed by atoms with Crippen LogP contribution >= 0.6 is 11.3 Å². The van der Waals surface area contributed by atoms with Crippen molar-refractivity contribution in [2.45, 2.75) is 13.0 Å². The van der Waals surface area contributed by atoms with Gasteiger partial charge in [-0.1, -0.05) is 12.1 Å². The first-order chi connectivity index (χ1) is 12.0. The molecular formula is C16H14F2N4O2S. The first-order valence-corrected chi connectivity index (χ1v) is 8.09. The molecule has 0 radical (unpaired) electrons. The first kappa shape index (κ1) is 17.0. The molecule has 0 saturated carbocycles. The third-order valence-corrected chi connectivity index (χ3v) is 4.27. The minimum Gasteiger partial charge on any atom is -0.497 e. The number of nitrogens with one attached hydrogen (secondary N) is 1. The first-order valence-electron chi connectivity index (χ1n) is 7.27. The summed E-state index contributed by atoms with van der Waals surface area (Å²) in [5.41, 5.74) is 0.991. The van der Waals surface area contributed by atoms with Gasteiger partial charge in [0.2, 0.25) is 0 Å². The number of alkyl halides is 2. The Labute approximate surface area is 146 Å². The zero-order chi connectivity index (χ0) is 17.8. The number of halogens is 2. The van der Waals surface area contributed by atoms with Gasteiger partial charge in [0.15, 0.2) is 10.8 Å². The Kier molecular flexibility index (Phi) is 5.03. The molecule has 0 fully saturated rings. The number of hydrogen-bond donors (Lipinski definition) is 1.